The number of rotatable bonds is 3. The van der Waals surface area contributed by atoms with Crippen molar-refractivity contribution in [1.82, 2.24) is 14.7 Å². The maximum Gasteiger partial charge on any atom is 0.274 e. The molecule has 0 bridgehead atoms. The van der Waals surface area contributed by atoms with E-state index in [0.717, 1.165) is 18.5 Å². The summed E-state index contributed by atoms with van der Waals surface area (Å²) in [6, 6.07) is 7.56. The van der Waals surface area contributed by atoms with E-state index in [1.807, 2.05) is 6.92 Å². The van der Waals surface area contributed by atoms with Crippen molar-refractivity contribution in [3.05, 3.63) is 47.5 Å². The highest BCUT2D eigenvalue weighted by Gasteiger charge is 2.30. The van der Waals surface area contributed by atoms with Crippen molar-refractivity contribution >= 4 is 5.91 Å². The summed E-state index contributed by atoms with van der Waals surface area (Å²) >= 11 is 0. The van der Waals surface area contributed by atoms with Gasteiger partial charge in [0.25, 0.3) is 5.91 Å². The summed E-state index contributed by atoms with van der Waals surface area (Å²) in [4.78, 5) is 14.2. The fourth-order valence-electron chi connectivity index (χ4n) is 2.86. The summed E-state index contributed by atoms with van der Waals surface area (Å²) < 4.78 is 14.6. The average Bonchev–Trinajstić information content (AvgIpc) is 3.14. The van der Waals surface area contributed by atoms with Gasteiger partial charge in [0.05, 0.1) is 18.3 Å². The normalized spacial score (nSPS) is 18.0. The van der Waals surface area contributed by atoms with Gasteiger partial charge in [-0.1, -0.05) is 0 Å². The molecule has 0 radical (unpaired) electrons. The lowest BCUT2D eigenvalue weighted by molar-refractivity contribution is 0.0671. The Morgan fingerprint density at radius 1 is 1.41 bits per heavy atom. The molecule has 1 unspecified atom stereocenters. The van der Waals surface area contributed by atoms with Crippen molar-refractivity contribution in [2.24, 2.45) is 0 Å². The first-order valence-electron chi connectivity index (χ1n) is 7.34. The Morgan fingerprint density at radius 3 is 2.82 bits per heavy atom. The van der Waals surface area contributed by atoms with E-state index in [2.05, 4.69) is 5.10 Å². The summed E-state index contributed by atoms with van der Waals surface area (Å²) in [5, 5.41) is 13.7. The zero-order chi connectivity index (χ0) is 15.7. The van der Waals surface area contributed by atoms with Crippen LogP contribution in [0.3, 0.4) is 0 Å². The number of aliphatic hydroxyl groups is 1. The van der Waals surface area contributed by atoms with E-state index in [0.29, 0.717) is 17.9 Å². The van der Waals surface area contributed by atoms with Crippen LogP contribution < -0.4 is 0 Å². The molecule has 116 valence electrons. The standard InChI is InChI=1S/C16H18FN3O2/c1-11-9-15(16(22)19-8-2-3-14(19)10-21)18-20(11)13-6-4-12(17)5-7-13/h4-7,9,14,21H,2-3,8,10H2,1H3. The minimum atomic E-state index is -0.312. The van der Waals surface area contributed by atoms with Crippen LogP contribution in [-0.4, -0.2) is 44.9 Å². The highest BCUT2D eigenvalue weighted by Crippen LogP contribution is 2.20. The van der Waals surface area contributed by atoms with Gasteiger partial charge in [-0.25, -0.2) is 9.07 Å². The van der Waals surface area contributed by atoms with Gasteiger partial charge in [-0.2, -0.15) is 5.10 Å². The molecule has 1 atom stereocenters. The zero-order valence-corrected chi connectivity index (χ0v) is 12.4. The molecule has 5 nitrogen and oxygen atoms in total. The van der Waals surface area contributed by atoms with Crippen LogP contribution in [0.2, 0.25) is 0 Å². The first kappa shape index (κ1) is 14.7. The van der Waals surface area contributed by atoms with Gasteiger partial charge in [-0.05, 0) is 50.1 Å². The van der Waals surface area contributed by atoms with E-state index >= 15 is 0 Å². The van der Waals surface area contributed by atoms with Gasteiger partial charge in [0, 0.05) is 12.2 Å². The minimum Gasteiger partial charge on any atom is -0.394 e. The van der Waals surface area contributed by atoms with E-state index in [-0.39, 0.29) is 24.4 Å². The van der Waals surface area contributed by atoms with E-state index in [4.69, 9.17) is 0 Å². The SMILES string of the molecule is Cc1cc(C(=O)N2CCCC2CO)nn1-c1ccc(F)cc1. The summed E-state index contributed by atoms with van der Waals surface area (Å²) in [6.07, 6.45) is 1.72. The Kier molecular flexibility index (Phi) is 3.94. The number of nitrogens with zero attached hydrogens (tertiary/aromatic N) is 3. The quantitative estimate of drug-likeness (QED) is 0.942. The van der Waals surface area contributed by atoms with Gasteiger partial charge >= 0.3 is 0 Å². The van der Waals surface area contributed by atoms with Crippen LogP contribution >= 0.6 is 0 Å². The van der Waals surface area contributed by atoms with Crippen LogP contribution in [0.5, 0.6) is 0 Å². The van der Waals surface area contributed by atoms with Crippen LogP contribution in [-0.2, 0) is 0 Å². The molecule has 6 heteroatoms. The van der Waals surface area contributed by atoms with E-state index in [9.17, 15) is 14.3 Å². The van der Waals surface area contributed by atoms with Gasteiger partial charge < -0.3 is 10.0 Å². The van der Waals surface area contributed by atoms with Gasteiger partial charge in [0.2, 0.25) is 0 Å². The Morgan fingerprint density at radius 2 is 2.14 bits per heavy atom. The van der Waals surface area contributed by atoms with Crippen molar-refractivity contribution < 1.29 is 14.3 Å². The minimum absolute atomic E-state index is 0.0244. The van der Waals surface area contributed by atoms with Crippen LogP contribution in [0, 0.1) is 12.7 Å². The highest BCUT2D eigenvalue weighted by molar-refractivity contribution is 5.93. The predicted octanol–water partition coefficient (Wildman–Crippen LogP) is 1.92. The number of aromatic nitrogens is 2. The number of amides is 1. The molecule has 1 aromatic heterocycles. The van der Waals surface area contributed by atoms with Gasteiger partial charge in [-0.15, -0.1) is 0 Å². The molecule has 1 aromatic carbocycles. The molecule has 0 spiro atoms. The second kappa shape index (κ2) is 5.88. The van der Waals surface area contributed by atoms with Crippen molar-refractivity contribution in [1.29, 1.82) is 0 Å². The molecule has 1 aliphatic rings. The molecule has 0 aliphatic carbocycles. The van der Waals surface area contributed by atoms with Crippen LogP contribution in [0.25, 0.3) is 5.69 Å². The Hall–Kier alpha value is -2.21. The number of halogens is 1. The van der Waals surface area contributed by atoms with Crippen molar-refractivity contribution in [3.63, 3.8) is 0 Å². The number of hydrogen-bond donors (Lipinski definition) is 1. The van der Waals surface area contributed by atoms with Crippen LogP contribution in [0.1, 0.15) is 29.0 Å². The first-order chi connectivity index (χ1) is 10.6. The summed E-state index contributed by atoms with van der Waals surface area (Å²) in [6.45, 7) is 2.47. The topological polar surface area (TPSA) is 58.4 Å². The fraction of sp³-hybridized carbons (Fsp3) is 0.375. The molecular weight excluding hydrogens is 285 g/mol. The Bertz CT molecular complexity index is 681. The number of carbonyl (C=O) groups is 1. The Labute approximate surface area is 128 Å². The lowest BCUT2D eigenvalue weighted by atomic mass is 10.2. The molecule has 1 fully saturated rings. The number of aryl methyl sites for hydroxylation is 1. The monoisotopic (exact) mass is 303 g/mol. The van der Waals surface area contributed by atoms with Gasteiger partial charge in [0.1, 0.15) is 5.82 Å². The zero-order valence-electron chi connectivity index (χ0n) is 12.4. The molecule has 3 rings (SSSR count). The number of hydrogen-bond acceptors (Lipinski definition) is 3. The van der Waals surface area contributed by atoms with E-state index < -0.39 is 0 Å². The van der Waals surface area contributed by atoms with Crippen molar-refractivity contribution in [2.45, 2.75) is 25.8 Å². The van der Waals surface area contributed by atoms with E-state index in [1.54, 1.807) is 27.8 Å². The van der Waals surface area contributed by atoms with Crippen LogP contribution in [0.15, 0.2) is 30.3 Å². The molecule has 0 saturated carbocycles. The van der Waals surface area contributed by atoms with Crippen molar-refractivity contribution in [2.75, 3.05) is 13.2 Å². The molecule has 1 aliphatic heterocycles. The second-order valence-corrected chi connectivity index (χ2v) is 5.54. The fourth-order valence-corrected chi connectivity index (χ4v) is 2.86. The smallest absolute Gasteiger partial charge is 0.274 e. The summed E-state index contributed by atoms with van der Waals surface area (Å²) in [7, 11) is 0. The third-order valence-electron chi connectivity index (χ3n) is 4.03. The molecule has 1 amide bonds. The largest absolute Gasteiger partial charge is 0.394 e. The van der Waals surface area contributed by atoms with Gasteiger partial charge in [-0.3, -0.25) is 4.79 Å². The molecule has 22 heavy (non-hydrogen) atoms. The molecule has 2 heterocycles. The molecule has 2 aromatic rings. The van der Waals surface area contributed by atoms with Gasteiger partial charge in [0.15, 0.2) is 5.69 Å². The lowest BCUT2D eigenvalue weighted by Gasteiger charge is -2.21. The molecular formula is C16H18FN3O2. The maximum absolute atomic E-state index is 13.0. The highest BCUT2D eigenvalue weighted by atomic mass is 19.1. The molecule has 1 saturated heterocycles. The number of carbonyl (C=O) groups excluding carboxylic acids is 1. The summed E-state index contributed by atoms with van der Waals surface area (Å²) in [5.74, 6) is -0.478. The Balaban J connectivity index is 1.88. The van der Waals surface area contributed by atoms with Crippen LogP contribution in [0.4, 0.5) is 4.39 Å². The second-order valence-electron chi connectivity index (χ2n) is 5.54. The predicted molar refractivity (Wildman–Crippen MR) is 79.4 cm³/mol. The van der Waals surface area contributed by atoms with E-state index in [1.165, 1.54) is 12.1 Å². The van der Waals surface area contributed by atoms with Crippen molar-refractivity contribution in [3.8, 4) is 5.69 Å². The average molecular weight is 303 g/mol. The third-order valence-corrected chi connectivity index (χ3v) is 4.03. The summed E-state index contributed by atoms with van der Waals surface area (Å²) in [5.41, 5.74) is 1.86. The maximum atomic E-state index is 13.0. The number of aliphatic hydroxyl groups excluding tert-OH is 1. The lowest BCUT2D eigenvalue weighted by Crippen LogP contribution is -2.37. The number of likely N-dealkylation sites (tertiary alicyclic amines) is 1. The first-order valence-corrected chi connectivity index (χ1v) is 7.34. The molecule has 1 N–H and O–H groups in total. The number of benzene rings is 1. The third kappa shape index (κ3) is 2.62.